The van der Waals surface area contributed by atoms with Crippen LogP contribution in [0.15, 0.2) is 0 Å². The summed E-state index contributed by atoms with van der Waals surface area (Å²) in [7, 11) is 0. The van der Waals surface area contributed by atoms with Crippen molar-refractivity contribution in [3.05, 3.63) is 28.1 Å². The molecule has 0 aliphatic heterocycles. The second-order valence-electron chi connectivity index (χ2n) is 3.91. The van der Waals surface area contributed by atoms with Crippen LogP contribution in [0, 0.1) is 25.2 Å². The van der Waals surface area contributed by atoms with Gasteiger partial charge >= 0.3 is 0 Å². The largest absolute Gasteiger partial charge is 0.294 e. The van der Waals surface area contributed by atoms with Gasteiger partial charge in [0.15, 0.2) is 5.78 Å². The Morgan fingerprint density at radius 3 is 2.73 bits per heavy atom. The van der Waals surface area contributed by atoms with Gasteiger partial charge in [-0.05, 0) is 32.3 Å². The quantitative estimate of drug-likeness (QED) is 0.644. The van der Waals surface area contributed by atoms with Crippen molar-refractivity contribution >= 4 is 5.78 Å². The molecular formula is C12H12N2O. The molecule has 1 aromatic heterocycles. The van der Waals surface area contributed by atoms with E-state index in [-0.39, 0.29) is 5.78 Å². The molecule has 0 unspecified atom stereocenters. The number of ketones is 1. The summed E-state index contributed by atoms with van der Waals surface area (Å²) in [5.74, 6) is 0.137. The van der Waals surface area contributed by atoms with Gasteiger partial charge in [0.2, 0.25) is 0 Å². The van der Waals surface area contributed by atoms with E-state index in [4.69, 9.17) is 5.26 Å². The summed E-state index contributed by atoms with van der Waals surface area (Å²) >= 11 is 0. The Kier molecular flexibility index (Phi) is 2.28. The van der Waals surface area contributed by atoms with Crippen molar-refractivity contribution in [1.29, 1.82) is 5.26 Å². The third-order valence-corrected chi connectivity index (χ3v) is 2.91. The minimum atomic E-state index is 0.137. The number of carbonyl (C=O) groups excluding carboxylic acids is 1. The molecule has 0 aromatic carbocycles. The maximum Gasteiger partial charge on any atom is 0.165 e. The van der Waals surface area contributed by atoms with Crippen LogP contribution in [0.25, 0.3) is 0 Å². The van der Waals surface area contributed by atoms with Crippen molar-refractivity contribution in [3.63, 3.8) is 0 Å². The number of aryl methyl sites for hydroxylation is 2. The zero-order valence-corrected chi connectivity index (χ0v) is 8.92. The third kappa shape index (κ3) is 1.42. The Balaban J connectivity index is 2.74. The predicted molar refractivity (Wildman–Crippen MR) is 55.7 cm³/mol. The lowest BCUT2D eigenvalue weighted by Crippen LogP contribution is -2.16. The lowest BCUT2D eigenvalue weighted by atomic mass is 9.89. The number of carbonyl (C=O) groups is 1. The highest BCUT2D eigenvalue weighted by molar-refractivity contribution is 5.99. The molecule has 1 aromatic rings. The zero-order valence-electron chi connectivity index (χ0n) is 8.92. The first-order valence-electron chi connectivity index (χ1n) is 5.08. The van der Waals surface area contributed by atoms with E-state index < -0.39 is 0 Å². The smallest absolute Gasteiger partial charge is 0.165 e. The van der Waals surface area contributed by atoms with Gasteiger partial charge in [0.25, 0.3) is 0 Å². The van der Waals surface area contributed by atoms with Crippen LogP contribution in [-0.2, 0) is 6.42 Å². The monoisotopic (exact) mass is 200 g/mol. The average molecular weight is 200 g/mol. The number of hydrogen-bond acceptors (Lipinski definition) is 3. The molecule has 15 heavy (non-hydrogen) atoms. The van der Waals surface area contributed by atoms with Crippen molar-refractivity contribution in [2.45, 2.75) is 33.1 Å². The number of Topliss-reactive ketones (excluding diaryl/α,β-unsaturated/α-hetero) is 1. The number of pyridine rings is 1. The normalized spacial score (nSPS) is 14.6. The van der Waals surface area contributed by atoms with E-state index in [1.165, 1.54) is 0 Å². The van der Waals surface area contributed by atoms with Crippen molar-refractivity contribution in [2.24, 2.45) is 0 Å². The fourth-order valence-corrected chi connectivity index (χ4v) is 2.18. The SMILES string of the molecule is Cc1nc2c(c(C)c1C#N)C(=O)CCC2. The predicted octanol–water partition coefficient (Wildman–Crippen LogP) is 2.09. The topological polar surface area (TPSA) is 53.8 Å². The van der Waals surface area contributed by atoms with Crippen LogP contribution in [0.3, 0.4) is 0 Å². The van der Waals surface area contributed by atoms with Crippen molar-refractivity contribution in [3.8, 4) is 6.07 Å². The molecule has 0 atom stereocenters. The van der Waals surface area contributed by atoms with Gasteiger partial charge in [-0.2, -0.15) is 5.26 Å². The number of rotatable bonds is 0. The number of aromatic nitrogens is 1. The van der Waals surface area contributed by atoms with E-state index in [0.717, 1.165) is 29.8 Å². The number of nitriles is 1. The van der Waals surface area contributed by atoms with E-state index >= 15 is 0 Å². The lowest BCUT2D eigenvalue weighted by Gasteiger charge is -2.17. The standard InChI is InChI=1S/C12H12N2O/c1-7-9(6-13)8(2)14-10-4-3-5-11(15)12(7)10/h3-5H2,1-2H3. The second kappa shape index (κ2) is 3.47. The number of nitrogens with zero attached hydrogens (tertiary/aromatic N) is 2. The minimum absolute atomic E-state index is 0.137. The van der Waals surface area contributed by atoms with Gasteiger partial charge in [-0.1, -0.05) is 0 Å². The highest BCUT2D eigenvalue weighted by Crippen LogP contribution is 2.26. The maximum absolute atomic E-state index is 11.7. The van der Waals surface area contributed by atoms with Crippen LogP contribution in [0.2, 0.25) is 0 Å². The summed E-state index contributed by atoms with van der Waals surface area (Å²) < 4.78 is 0. The van der Waals surface area contributed by atoms with E-state index in [1.54, 1.807) is 0 Å². The summed E-state index contributed by atoms with van der Waals surface area (Å²) in [5, 5.41) is 8.99. The Labute approximate surface area is 88.8 Å². The second-order valence-corrected chi connectivity index (χ2v) is 3.91. The van der Waals surface area contributed by atoms with Crippen LogP contribution in [0.5, 0.6) is 0 Å². The molecule has 2 rings (SSSR count). The first-order chi connectivity index (χ1) is 7.15. The molecule has 0 spiro atoms. The molecule has 0 amide bonds. The van der Waals surface area contributed by atoms with Gasteiger partial charge < -0.3 is 0 Å². The fourth-order valence-electron chi connectivity index (χ4n) is 2.18. The molecule has 0 N–H and O–H groups in total. The van der Waals surface area contributed by atoms with Crippen LogP contribution < -0.4 is 0 Å². The Morgan fingerprint density at radius 1 is 1.33 bits per heavy atom. The van der Waals surface area contributed by atoms with Crippen molar-refractivity contribution in [1.82, 2.24) is 4.98 Å². The highest BCUT2D eigenvalue weighted by Gasteiger charge is 2.23. The first-order valence-corrected chi connectivity index (χ1v) is 5.08. The molecule has 0 saturated carbocycles. The molecule has 1 heterocycles. The zero-order chi connectivity index (χ0) is 11.0. The van der Waals surface area contributed by atoms with E-state index in [0.29, 0.717) is 17.5 Å². The van der Waals surface area contributed by atoms with Gasteiger partial charge in [0.05, 0.1) is 17.0 Å². The van der Waals surface area contributed by atoms with Gasteiger partial charge in [0.1, 0.15) is 6.07 Å². The van der Waals surface area contributed by atoms with Gasteiger partial charge in [-0.3, -0.25) is 9.78 Å². The Morgan fingerprint density at radius 2 is 2.07 bits per heavy atom. The minimum Gasteiger partial charge on any atom is -0.294 e. The van der Waals surface area contributed by atoms with Crippen molar-refractivity contribution < 1.29 is 4.79 Å². The van der Waals surface area contributed by atoms with Crippen LogP contribution >= 0.6 is 0 Å². The van der Waals surface area contributed by atoms with Crippen LogP contribution in [0.4, 0.5) is 0 Å². The average Bonchev–Trinajstić information content (AvgIpc) is 2.17. The summed E-state index contributed by atoms with van der Waals surface area (Å²) in [6.45, 7) is 3.67. The van der Waals surface area contributed by atoms with E-state index in [9.17, 15) is 4.79 Å². The van der Waals surface area contributed by atoms with E-state index in [2.05, 4.69) is 11.1 Å². The molecular weight excluding hydrogens is 188 g/mol. The fraction of sp³-hybridized carbons (Fsp3) is 0.417. The third-order valence-electron chi connectivity index (χ3n) is 2.91. The Bertz CT molecular complexity index is 483. The highest BCUT2D eigenvalue weighted by atomic mass is 16.1. The van der Waals surface area contributed by atoms with Crippen LogP contribution in [0.1, 0.15) is 45.7 Å². The molecule has 76 valence electrons. The van der Waals surface area contributed by atoms with Gasteiger partial charge in [0, 0.05) is 12.0 Å². The molecule has 3 nitrogen and oxygen atoms in total. The molecule has 0 bridgehead atoms. The first kappa shape index (κ1) is 9.85. The molecule has 0 fully saturated rings. The lowest BCUT2D eigenvalue weighted by molar-refractivity contribution is 0.0971. The molecule has 1 aliphatic carbocycles. The molecule has 0 saturated heterocycles. The Hall–Kier alpha value is -1.69. The number of fused-ring (bicyclic) bond motifs is 1. The maximum atomic E-state index is 11.7. The number of hydrogen-bond donors (Lipinski definition) is 0. The van der Waals surface area contributed by atoms with Gasteiger partial charge in [-0.25, -0.2) is 0 Å². The summed E-state index contributed by atoms with van der Waals surface area (Å²) in [6, 6.07) is 2.12. The summed E-state index contributed by atoms with van der Waals surface area (Å²) in [6.07, 6.45) is 2.32. The summed E-state index contributed by atoms with van der Waals surface area (Å²) in [4.78, 5) is 16.1. The van der Waals surface area contributed by atoms with Crippen molar-refractivity contribution in [2.75, 3.05) is 0 Å². The molecule has 1 aliphatic rings. The summed E-state index contributed by atoms with van der Waals surface area (Å²) in [5.41, 5.74) is 3.68. The van der Waals surface area contributed by atoms with E-state index in [1.807, 2.05) is 13.8 Å². The van der Waals surface area contributed by atoms with Gasteiger partial charge in [-0.15, -0.1) is 0 Å². The van der Waals surface area contributed by atoms with Crippen LogP contribution in [-0.4, -0.2) is 10.8 Å². The molecule has 3 heteroatoms. The molecule has 0 radical (unpaired) electrons.